The van der Waals surface area contributed by atoms with Gasteiger partial charge in [0.25, 0.3) is 0 Å². The minimum absolute atomic E-state index is 0.0811. The normalized spacial score (nSPS) is 19.2. The Morgan fingerprint density at radius 1 is 0.974 bits per heavy atom. The van der Waals surface area contributed by atoms with Crippen LogP contribution in [0.3, 0.4) is 0 Å². The standard InChI is InChI=1S/C31H41N5O2/c1-33(24-26-10-13-29-27(22-26)6-5-14-32-29)23-25-8-11-28(12-9-25)38-21-20-35-16-18-36(19-17-35)31(37)30-7-3-4-15-34(30)2/h5-6,8-14,22,30H,3-4,7,15-21,23-24H2,1-2H3/t30-/m1/s1. The maximum absolute atomic E-state index is 12.9. The van der Waals surface area contributed by atoms with Crippen molar-refractivity contribution in [3.63, 3.8) is 0 Å². The summed E-state index contributed by atoms with van der Waals surface area (Å²) in [6, 6.07) is 19.1. The van der Waals surface area contributed by atoms with E-state index in [1.54, 1.807) is 0 Å². The Labute approximate surface area is 227 Å². The number of aromatic nitrogens is 1. The number of hydrogen-bond acceptors (Lipinski definition) is 6. The summed E-state index contributed by atoms with van der Waals surface area (Å²) in [5.74, 6) is 1.23. The van der Waals surface area contributed by atoms with Crippen molar-refractivity contribution in [2.24, 2.45) is 0 Å². The van der Waals surface area contributed by atoms with Crippen LogP contribution < -0.4 is 4.74 Å². The lowest BCUT2D eigenvalue weighted by Crippen LogP contribution is -2.55. The summed E-state index contributed by atoms with van der Waals surface area (Å²) in [5, 5.41) is 1.18. The monoisotopic (exact) mass is 515 g/mol. The number of likely N-dealkylation sites (N-methyl/N-ethyl adjacent to an activating group) is 1. The summed E-state index contributed by atoms with van der Waals surface area (Å²) in [7, 11) is 4.24. The van der Waals surface area contributed by atoms with Gasteiger partial charge in [0.1, 0.15) is 12.4 Å². The van der Waals surface area contributed by atoms with Gasteiger partial charge in [-0.1, -0.05) is 30.7 Å². The predicted octanol–water partition coefficient (Wildman–Crippen LogP) is 3.87. The maximum atomic E-state index is 12.9. The van der Waals surface area contributed by atoms with Gasteiger partial charge in [0, 0.05) is 57.4 Å². The number of pyridine rings is 1. The van der Waals surface area contributed by atoms with Crippen molar-refractivity contribution in [3.05, 3.63) is 71.9 Å². The molecular formula is C31H41N5O2. The minimum Gasteiger partial charge on any atom is -0.492 e. The number of carbonyl (C=O) groups excluding carboxylic acids is 1. The van der Waals surface area contributed by atoms with E-state index in [2.05, 4.69) is 87.2 Å². The molecule has 3 aromatic rings. The van der Waals surface area contributed by atoms with E-state index in [9.17, 15) is 4.79 Å². The number of carbonyl (C=O) groups is 1. The first-order valence-corrected chi connectivity index (χ1v) is 14.0. The first-order chi connectivity index (χ1) is 18.5. The number of benzene rings is 2. The highest BCUT2D eigenvalue weighted by Crippen LogP contribution is 2.19. The van der Waals surface area contributed by atoms with Crippen LogP contribution in [0.1, 0.15) is 30.4 Å². The molecule has 1 atom stereocenters. The molecule has 202 valence electrons. The Morgan fingerprint density at radius 3 is 2.53 bits per heavy atom. The van der Waals surface area contributed by atoms with Gasteiger partial charge in [-0.05, 0) is 74.9 Å². The lowest BCUT2D eigenvalue weighted by Gasteiger charge is -2.39. The van der Waals surface area contributed by atoms with Crippen LogP contribution in [0.4, 0.5) is 0 Å². The van der Waals surface area contributed by atoms with Gasteiger partial charge < -0.3 is 9.64 Å². The molecule has 2 aliphatic heterocycles. The van der Waals surface area contributed by atoms with Crippen molar-refractivity contribution in [1.82, 2.24) is 24.6 Å². The molecular weight excluding hydrogens is 474 g/mol. The molecule has 7 nitrogen and oxygen atoms in total. The summed E-state index contributed by atoms with van der Waals surface area (Å²) >= 11 is 0. The number of likely N-dealkylation sites (tertiary alicyclic amines) is 1. The van der Waals surface area contributed by atoms with E-state index < -0.39 is 0 Å². The van der Waals surface area contributed by atoms with Crippen molar-refractivity contribution in [3.8, 4) is 5.75 Å². The molecule has 0 radical (unpaired) electrons. The summed E-state index contributed by atoms with van der Waals surface area (Å²) in [4.78, 5) is 26.4. The molecule has 2 aromatic carbocycles. The number of ether oxygens (including phenoxy) is 1. The van der Waals surface area contributed by atoms with Crippen LogP contribution in [0.15, 0.2) is 60.8 Å². The van der Waals surface area contributed by atoms with Crippen LogP contribution >= 0.6 is 0 Å². The first-order valence-electron chi connectivity index (χ1n) is 14.0. The third-order valence-electron chi connectivity index (χ3n) is 7.91. The Bertz CT molecular complexity index is 1190. The fourth-order valence-electron chi connectivity index (χ4n) is 5.68. The van der Waals surface area contributed by atoms with E-state index in [1.807, 2.05) is 12.3 Å². The molecule has 38 heavy (non-hydrogen) atoms. The minimum atomic E-state index is 0.0811. The van der Waals surface area contributed by atoms with Gasteiger partial charge >= 0.3 is 0 Å². The molecule has 0 unspecified atom stereocenters. The molecule has 0 N–H and O–H groups in total. The van der Waals surface area contributed by atoms with E-state index in [4.69, 9.17) is 4.74 Å². The fraction of sp³-hybridized carbons (Fsp3) is 0.484. The molecule has 2 saturated heterocycles. The number of fused-ring (bicyclic) bond motifs is 1. The quantitative estimate of drug-likeness (QED) is 0.431. The van der Waals surface area contributed by atoms with Gasteiger partial charge in [0.15, 0.2) is 0 Å². The van der Waals surface area contributed by atoms with Crippen LogP contribution in [0, 0.1) is 0 Å². The lowest BCUT2D eigenvalue weighted by atomic mass is 10.0. The Morgan fingerprint density at radius 2 is 1.74 bits per heavy atom. The molecule has 3 heterocycles. The third-order valence-corrected chi connectivity index (χ3v) is 7.91. The van der Waals surface area contributed by atoms with E-state index in [0.717, 1.165) is 70.0 Å². The van der Waals surface area contributed by atoms with E-state index in [1.165, 1.54) is 29.4 Å². The fourth-order valence-corrected chi connectivity index (χ4v) is 5.68. The zero-order chi connectivity index (χ0) is 26.3. The van der Waals surface area contributed by atoms with Crippen LogP contribution in [0.25, 0.3) is 10.9 Å². The second-order valence-corrected chi connectivity index (χ2v) is 10.9. The highest BCUT2D eigenvalue weighted by atomic mass is 16.5. The van der Waals surface area contributed by atoms with Gasteiger partial charge in [-0.2, -0.15) is 0 Å². The molecule has 0 saturated carbocycles. The number of amides is 1. The van der Waals surface area contributed by atoms with Gasteiger partial charge in [-0.3, -0.25) is 24.5 Å². The van der Waals surface area contributed by atoms with Gasteiger partial charge in [-0.15, -0.1) is 0 Å². The second-order valence-electron chi connectivity index (χ2n) is 10.9. The lowest BCUT2D eigenvalue weighted by molar-refractivity contribution is -0.139. The largest absolute Gasteiger partial charge is 0.492 e. The van der Waals surface area contributed by atoms with Gasteiger partial charge in [0.05, 0.1) is 11.6 Å². The molecule has 0 aliphatic carbocycles. The topological polar surface area (TPSA) is 52.2 Å². The van der Waals surface area contributed by atoms with Gasteiger partial charge in [0.2, 0.25) is 5.91 Å². The summed E-state index contributed by atoms with van der Waals surface area (Å²) in [6.45, 7) is 7.84. The van der Waals surface area contributed by atoms with Crippen LogP contribution in [0.5, 0.6) is 5.75 Å². The first kappa shape index (κ1) is 26.6. The molecule has 0 spiro atoms. The van der Waals surface area contributed by atoms with Gasteiger partial charge in [-0.25, -0.2) is 0 Å². The molecule has 0 bridgehead atoms. The number of piperazine rings is 1. The molecule has 1 aromatic heterocycles. The Balaban J connectivity index is 1.01. The average Bonchev–Trinajstić information content (AvgIpc) is 2.94. The van der Waals surface area contributed by atoms with Crippen LogP contribution in [-0.2, 0) is 17.9 Å². The predicted molar refractivity (Wildman–Crippen MR) is 152 cm³/mol. The second kappa shape index (κ2) is 12.7. The number of hydrogen-bond donors (Lipinski definition) is 0. The number of nitrogens with zero attached hydrogens (tertiary/aromatic N) is 5. The van der Waals surface area contributed by atoms with Crippen molar-refractivity contribution in [2.45, 2.75) is 38.4 Å². The average molecular weight is 516 g/mol. The zero-order valence-electron chi connectivity index (χ0n) is 22.9. The smallest absolute Gasteiger partial charge is 0.240 e. The molecule has 7 heteroatoms. The number of piperidine rings is 1. The Hall–Kier alpha value is -3.00. The molecule has 2 aliphatic rings. The highest BCUT2D eigenvalue weighted by Gasteiger charge is 2.31. The maximum Gasteiger partial charge on any atom is 0.240 e. The van der Waals surface area contributed by atoms with Crippen LogP contribution in [0.2, 0.25) is 0 Å². The van der Waals surface area contributed by atoms with E-state index in [-0.39, 0.29) is 6.04 Å². The summed E-state index contributed by atoms with van der Waals surface area (Å²) < 4.78 is 6.04. The Kier molecular flexibility index (Phi) is 8.89. The van der Waals surface area contributed by atoms with Crippen molar-refractivity contribution in [1.29, 1.82) is 0 Å². The number of rotatable bonds is 9. The summed E-state index contributed by atoms with van der Waals surface area (Å²) in [6.07, 6.45) is 5.21. The summed E-state index contributed by atoms with van der Waals surface area (Å²) in [5.41, 5.74) is 3.60. The third kappa shape index (κ3) is 6.90. The van der Waals surface area contributed by atoms with Crippen LogP contribution in [-0.4, -0.2) is 96.5 Å². The van der Waals surface area contributed by atoms with Crippen molar-refractivity contribution >= 4 is 16.8 Å². The van der Waals surface area contributed by atoms with Crippen molar-refractivity contribution in [2.75, 3.05) is 60.0 Å². The van der Waals surface area contributed by atoms with E-state index >= 15 is 0 Å². The van der Waals surface area contributed by atoms with E-state index in [0.29, 0.717) is 12.5 Å². The molecule has 2 fully saturated rings. The SMILES string of the molecule is CN(Cc1ccc(OCCN2CCN(C(=O)[C@H]3CCCCN3C)CC2)cc1)Cc1ccc2ncccc2c1. The zero-order valence-corrected chi connectivity index (χ0v) is 22.9. The molecule has 1 amide bonds. The molecule has 5 rings (SSSR count). The van der Waals surface area contributed by atoms with Crippen molar-refractivity contribution < 1.29 is 9.53 Å². The highest BCUT2D eigenvalue weighted by molar-refractivity contribution is 5.82.